The standard InChI is InChI=1S/C20H20Cl2N2O2S/c1-4-5-18-19(12-6-9-16(25-2)17(10-12)26-3)24-20(27-18)23-15-8-7-13(21)11-14(15)22/h6-11H,4-5H2,1-3H3,(H,23,24). The van der Waals surface area contributed by atoms with Crippen molar-refractivity contribution in [2.24, 2.45) is 0 Å². The highest BCUT2D eigenvalue weighted by Crippen LogP contribution is 2.38. The highest BCUT2D eigenvalue weighted by atomic mass is 35.5. The van der Waals surface area contributed by atoms with Crippen molar-refractivity contribution in [2.45, 2.75) is 19.8 Å². The van der Waals surface area contributed by atoms with Crippen LogP contribution in [0.25, 0.3) is 11.3 Å². The number of aryl methyl sites for hydroxylation is 1. The Labute approximate surface area is 173 Å². The second kappa shape index (κ2) is 8.83. The predicted octanol–water partition coefficient (Wildman–Crippen LogP) is 6.83. The number of rotatable bonds is 7. The molecule has 7 heteroatoms. The Morgan fingerprint density at radius 1 is 1.04 bits per heavy atom. The van der Waals surface area contributed by atoms with Gasteiger partial charge < -0.3 is 14.8 Å². The summed E-state index contributed by atoms with van der Waals surface area (Å²) in [7, 11) is 3.26. The lowest BCUT2D eigenvalue weighted by atomic mass is 10.1. The number of nitrogens with zero attached hydrogens (tertiary/aromatic N) is 1. The van der Waals surface area contributed by atoms with Crippen LogP contribution in [-0.4, -0.2) is 19.2 Å². The van der Waals surface area contributed by atoms with Crippen molar-refractivity contribution < 1.29 is 9.47 Å². The minimum absolute atomic E-state index is 0.558. The van der Waals surface area contributed by atoms with E-state index in [2.05, 4.69) is 12.2 Å². The highest BCUT2D eigenvalue weighted by molar-refractivity contribution is 7.16. The van der Waals surface area contributed by atoms with Gasteiger partial charge in [0.05, 0.1) is 30.6 Å². The van der Waals surface area contributed by atoms with Gasteiger partial charge in [0.1, 0.15) is 0 Å². The van der Waals surface area contributed by atoms with Crippen LogP contribution in [0.3, 0.4) is 0 Å². The van der Waals surface area contributed by atoms with Crippen LogP contribution >= 0.6 is 34.5 Å². The number of hydrogen-bond donors (Lipinski definition) is 1. The van der Waals surface area contributed by atoms with E-state index in [9.17, 15) is 0 Å². The van der Waals surface area contributed by atoms with Crippen molar-refractivity contribution in [3.63, 3.8) is 0 Å². The van der Waals surface area contributed by atoms with E-state index >= 15 is 0 Å². The maximum atomic E-state index is 6.28. The first-order chi connectivity index (χ1) is 13.0. The fourth-order valence-corrected chi connectivity index (χ4v) is 4.27. The molecule has 0 spiro atoms. The molecule has 0 saturated heterocycles. The van der Waals surface area contributed by atoms with Crippen LogP contribution < -0.4 is 14.8 Å². The third-order valence-corrected chi connectivity index (χ3v) is 5.58. The molecule has 0 amide bonds. The molecule has 0 atom stereocenters. The van der Waals surface area contributed by atoms with Crippen LogP contribution in [0.5, 0.6) is 11.5 Å². The summed E-state index contributed by atoms with van der Waals surface area (Å²) >= 11 is 13.9. The van der Waals surface area contributed by atoms with Gasteiger partial charge >= 0.3 is 0 Å². The number of ether oxygens (including phenoxy) is 2. The first kappa shape index (κ1) is 19.8. The zero-order valence-corrected chi connectivity index (χ0v) is 17.6. The van der Waals surface area contributed by atoms with Crippen LogP contribution in [0.4, 0.5) is 10.8 Å². The number of aromatic nitrogens is 1. The Balaban J connectivity index is 1.98. The van der Waals surface area contributed by atoms with Crippen LogP contribution in [0, 0.1) is 0 Å². The summed E-state index contributed by atoms with van der Waals surface area (Å²) in [5.41, 5.74) is 2.70. The van der Waals surface area contributed by atoms with Crippen molar-refractivity contribution in [1.29, 1.82) is 0 Å². The average Bonchev–Trinajstić information content (AvgIpc) is 3.06. The van der Waals surface area contributed by atoms with Crippen molar-refractivity contribution in [1.82, 2.24) is 4.98 Å². The topological polar surface area (TPSA) is 43.4 Å². The molecule has 4 nitrogen and oxygen atoms in total. The Bertz CT molecular complexity index is 944. The monoisotopic (exact) mass is 422 g/mol. The second-order valence-electron chi connectivity index (χ2n) is 5.86. The number of anilines is 2. The van der Waals surface area contributed by atoms with Gasteiger partial charge in [0.2, 0.25) is 0 Å². The minimum Gasteiger partial charge on any atom is -0.493 e. The molecule has 1 aromatic heterocycles. The Kier molecular flexibility index (Phi) is 6.47. The molecule has 0 saturated carbocycles. The quantitative estimate of drug-likeness (QED) is 0.452. The van der Waals surface area contributed by atoms with Gasteiger partial charge in [-0.3, -0.25) is 0 Å². The van der Waals surface area contributed by atoms with E-state index in [1.165, 1.54) is 4.88 Å². The van der Waals surface area contributed by atoms with Crippen LogP contribution in [0.1, 0.15) is 18.2 Å². The van der Waals surface area contributed by atoms with E-state index in [1.54, 1.807) is 37.7 Å². The van der Waals surface area contributed by atoms with Gasteiger partial charge in [-0.15, -0.1) is 11.3 Å². The lowest BCUT2D eigenvalue weighted by Crippen LogP contribution is -1.93. The molecular formula is C20H20Cl2N2O2S. The van der Waals surface area contributed by atoms with Gasteiger partial charge in [-0.05, 0) is 42.8 Å². The molecule has 0 bridgehead atoms. The molecule has 3 aromatic rings. The van der Waals surface area contributed by atoms with Crippen molar-refractivity contribution in [2.75, 3.05) is 19.5 Å². The number of hydrogen-bond acceptors (Lipinski definition) is 5. The van der Waals surface area contributed by atoms with Gasteiger partial charge in [-0.1, -0.05) is 36.5 Å². The molecule has 0 fully saturated rings. The van der Waals surface area contributed by atoms with E-state index in [-0.39, 0.29) is 0 Å². The molecule has 3 rings (SSSR count). The number of nitrogens with one attached hydrogen (secondary N) is 1. The molecule has 0 aliphatic heterocycles. The number of halogens is 2. The number of thiazole rings is 1. The Morgan fingerprint density at radius 2 is 1.81 bits per heavy atom. The molecule has 0 aliphatic rings. The third kappa shape index (κ3) is 4.49. The van der Waals surface area contributed by atoms with Crippen LogP contribution in [0.2, 0.25) is 10.0 Å². The maximum Gasteiger partial charge on any atom is 0.188 e. The summed E-state index contributed by atoms with van der Waals surface area (Å²) in [6, 6.07) is 11.2. The molecule has 0 unspecified atom stereocenters. The summed E-state index contributed by atoms with van der Waals surface area (Å²) in [6.45, 7) is 2.15. The van der Waals surface area contributed by atoms with E-state index < -0.39 is 0 Å². The summed E-state index contributed by atoms with van der Waals surface area (Å²) < 4.78 is 10.8. The number of methoxy groups -OCH3 is 2. The lowest BCUT2D eigenvalue weighted by molar-refractivity contribution is 0.355. The summed E-state index contributed by atoms with van der Waals surface area (Å²) in [6.07, 6.45) is 1.97. The van der Waals surface area contributed by atoms with Crippen molar-refractivity contribution in [3.8, 4) is 22.8 Å². The smallest absolute Gasteiger partial charge is 0.188 e. The van der Waals surface area contributed by atoms with Crippen LogP contribution in [0.15, 0.2) is 36.4 Å². The summed E-state index contributed by atoms with van der Waals surface area (Å²) in [4.78, 5) is 6.01. The van der Waals surface area contributed by atoms with E-state index in [0.29, 0.717) is 21.5 Å². The molecule has 27 heavy (non-hydrogen) atoms. The SMILES string of the molecule is CCCc1sc(Nc2ccc(Cl)cc2Cl)nc1-c1ccc(OC)c(OC)c1. The van der Waals surface area contributed by atoms with E-state index in [1.807, 2.05) is 24.3 Å². The van der Waals surface area contributed by atoms with E-state index in [4.69, 9.17) is 37.7 Å². The van der Waals surface area contributed by atoms with Crippen LogP contribution in [-0.2, 0) is 6.42 Å². The molecule has 0 aliphatic carbocycles. The maximum absolute atomic E-state index is 6.28. The molecule has 0 radical (unpaired) electrons. The highest BCUT2D eigenvalue weighted by Gasteiger charge is 2.16. The molecule has 1 N–H and O–H groups in total. The number of benzene rings is 2. The molecule has 1 heterocycles. The predicted molar refractivity (Wildman–Crippen MR) is 114 cm³/mol. The van der Waals surface area contributed by atoms with Gasteiger partial charge in [-0.2, -0.15) is 0 Å². The summed E-state index contributed by atoms with van der Waals surface area (Å²) in [5.74, 6) is 1.38. The third-order valence-electron chi connectivity index (χ3n) is 4.00. The molecule has 142 valence electrons. The Hall–Kier alpha value is -1.95. The van der Waals surface area contributed by atoms with Gasteiger partial charge in [-0.25, -0.2) is 4.98 Å². The average molecular weight is 423 g/mol. The zero-order valence-electron chi connectivity index (χ0n) is 15.3. The first-order valence-electron chi connectivity index (χ1n) is 8.49. The summed E-state index contributed by atoms with van der Waals surface area (Å²) in [5, 5.41) is 5.24. The lowest BCUT2D eigenvalue weighted by Gasteiger charge is -2.09. The van der Waals surface area contributed by atoms with Gasteiger partial charge in [0.25, 0.3) is 0 Å². The Morgan fingerprint density at radius 3 is 2.48 bits per heavy atom. The fourth-order valence-electron chi connectivity index (χ4n) is 2.72. The minimum atomic E-state index is 0.558. The first-order valence-corrected chi connectivity index (χ1v) is 10.1. The largest absolute Gasteiger partial charge is 0.493 e. The molecule has 2 aromatic carbocycles. The molecular weight excluding hydrogens is 403 g/mol. The van der Waals surface area contributed by atoms with Gasteiger partial charge in [0.15, 0.2) is 16.6 Å². The zero-order chi connectivity index (χ0) is 19.4. The van der Waals surface area contributed by atoms with E-state index in [0.717, 1.165) is 34.9 Å². The normalized spacial score (nSPS) is 10.7. The second-order valence-corrected chi connectivity index (χ2v) is 7.79. The van der Waals surface area contributed by atoms with Gasteiger partial charge in [0, 0.05) is 15.5 Å². The van der Waals surface area contributed by atoms with Crippen molar-refractivity contribution >= 4 is 45.4 Å². The fraction of sp³-hybridized carbons (Fsp3) is 0.250. The van der Waals surface area contributed by atoms with Crippen molar-refractivity contribution in [3.05, 3.63) is 51.3 Å².